The van der Waals surface area contributed by atoms with Crippen LogP contribution in [0, 0.1) is 13.8 Å². The fraction of sp³-hybridized carbons (Fsp3) is 0.529. The molecule has 9 heteroatoms. The molecule has 2 rings (SSSR count). The first-order valence-electron chi connectivity index (χ1n) is 8.51. The molecule has 0 aliphatic carbocycles. The largest absolute Gasteiger partial charge is 0.341 e. The van der Waals surface area contributed by atoms with Gasteiger partial charge in [0.1, 0.15) is 0 Å². The molecule has 1 atom stereocenters. The molecule has 2 N–H and O–H groups in total. The van der Waals surface area contributed by atoms with E-state index >= 15 is 0 Å². The number of hydrogen-bond acceptors (Lipinski definition) is 5. The van der Waals surface area contributed by atoms with Gasteiger partial charge in [-0.05, 0) is 38.0 Å². The summed E-state index contributed by atoms with van der Waals surface area (Å²) in [5.41, 5.74) is 1.61. The highest BCUT2D eigenvalue weighted by Gasteiger charge is 2.32. The number of hydrogen-bond donors (Lipinski definition) is 2. The minimum absolute atomic E-state index is 0.299. The molecule has 1 aliphatic heterocycles. The van der Waals surface area contributed by atoms with Crippen LogP contribution in [0.2, 0.25) is 0 Å². The summed E-state index contributed by atoms with van der Waals surface area (Å²) in [4.78, 5) is 25.5. The molecule has 3 amide bonds. The predicted octanol–water partition coefficient (Wildman–Crippen LogP) is 0.454. The number of rotatable bonds is 4. The molecule has 1 aromatic rings. The van der Waals surface area contributed by atoms with Gasteiger partial charge < -0.3 is 5.32 Å². The van der Waals surface area contributed by atoms with Crippen molar-refractivity contribution in [2.24, 2.45) is 0 Å². The van der Waals surface area contributed by atoms with Gasteiger partial charge >= 0.3 is 6.03 Å². The van der Waals surface area contributed by atoms with E-state index in [1.54, 1.807) is 19.9 Å². The smallest absolute Gasteiger partial charge is 0.321 e. The molecule has 8 nitrogen and oxygen atoms in total. The van der Waals surface area contributed by atoms with Crippen LogP contribution in [-0.2, 0) is 14.8 Å². The van der Waals surface area contributed by atoms with Crippen LogP contribution in [0.1, 0.15) is 18.1 Å². The summed E-state index contributed by atoms with van der Waals surface area (Å²) in [6.45, 7) is 6.80. The molecule has 1 saturated heterocycles. The van der Waals surface area contributed by atoms with Crippen molar-refractivity contribution in [3.63, 3.8) is 0 Å². The van der Waals surface area contributed by atoms with Crippen LogP contribution in [0.4, 0.5) is 4.79 Å². The van der Waals surface area contributed by atoms with E-state index in [-0.39, 0.29) is 0 Å². The maximum absolute atomic E-state index is 12.9. The van der Waals surface area contributed by atoms with E-state index in [9.17, 15) is 18.0 Å². The lowest BCUT2D eigenvalue weighted by Gasteiger charge is -2.36. The van der Waals surface area contributed by atoms with Crippen molar-refractivity contribution in [3.05, 3.63) is 29.3 Å². The molecule has 0 radical (unpaired) electrons. The summed E-state index contributed by atoms with van der Waals surface area (Å²) in [5, 5.41) is 4.58. The average Bonchev–Trinajstić information content (AvgIpc) is 2.62. The molecule has 144 valence electrons. The van der Waals surface area contributed by atoms with Crippen molar-refractivity contribution in [1.82, 2.24) is 19.8 Å². The van der Waals surface area contributed by atoms with Crippen LogP contribution in [0.15, 0.2) is 23.1 Å². The Hall–Kier alpha value is -1.97. The Labute approximate surface area is 154 Å². The zero-order chi connectivity index (χ0) is 19.5. The number of nitrogens with one attached hydrogen (secondary N) is 2. The quantitative estimate of drug-likeness (QED) is 0.788. The molecular weight excluding hydrogens is 356 g/mol. The molecule has 0 unspecified atom stereocenters. The normalized spacial score (nSPS) is 17.5. The average molecular weight is 382 g/mol. The Balaban J connectivity index is 2.04. The van der Waals surface area contributed by atoms with Gasteiger partial charge in [-0.3, -0.25) is 15.0 Å². The highest BCUT2D eigenvalue weighted by Crippen LogP contribution is 2.22. The maximum atomic E-state index is 12.9. The summed E-state index contributed by atoms with van der Waals surface area (Å²) in [6, 6.07) is 4.31. The SMILES string of the molecule is CNC(=O)NC(=O)[C@@H](C)N1CCN(S(=O)(=O)c2cc(C)ccc2C)CC1. The van der Waals surface area contributed by atoms with Crippen molar-refractivity contribution in [3.8, 4) is 0 Å². The molecule has 1 aromatic carbocycles. The van der Waals surface area contributed by atoms with E-state index in [4.69, 9.17) is 0 Å². The summed E-state index contributed by atoms with van der Waals surface area (Å²) >= 11 is 0. The van der Waals surface area contributed by atoms with Gasteiger partial charge in [-0.2, -0.15) is 4.31 Å². The molecule has 0 aromatic heterocycles. The topological polar surface area (TPSA) is 98.8 Å². The summed E-state index contributed by atoms with van der Waals surface area (Å²) in [6.07, 6.45) is 0. The number of sulfonamides is 1. The Morgan fingerprint density at radius 1 is 1.12 bits per heavy atom. The maximum Gasteiger partial charge on any atom is 0.321 e. The van der Waals surface area contributed by atoms with Gasteiger partial charge in [-0.25, -0.2) is 13.2 Å². The first kappa shape index (κ1) is 20.3. The third-order valence-electron chi connectivity index (χ3n) is 4.63. The van der Waals surface area contributed by atoms with Crippen LogP contribution in [-0.4, -0.2) is 68.8 Å². The summed E-state index contributed by atoms with van der Waals surface area (Å²) in [5.74, 6) is -0.407. The summed E-state index contributed by atoms with van der Waals surface area (Å²) < 4.78 is 27.3. The van der Waals surface area contributed by atoms with E-state index in [0.29, 0.717) is 31.1 Å². The van der Waals surface area contributed by atoms with Crippen LogP contribution in [0.3, 0.4) is 0 Å². The second kappa shape index (κ2) is 8.15. The zero-order valence-corrected chi connectivity index (χ0v) is 16.4. The van der Waals surface area contributed by atoms with Crippen molar-refractivity contribution >= 4 is 22.0 Å². The first-order chi connectivity index (χ1) is 12.2. The molecular formula is C17H26N4O4S. The molecule has 0 bridgehead atoms. The highest BCUT2D eigenvalue weighted by molar-refractivity contribution is 7.89. The standard InChI is InChI=1S/C17H26N4O4S/c1-12-5-6-13(2)15(11-12)26(24,25)21-9-7-20(8-10-21)14(3)16(22)19-17(23)18-4/h5-6,11,14H,7-10H2,1-4H3,(H2,18,19,22,23)/t14-/m1/s1. The summed E-state index contributed by atoms with van der Waals surface area (Å²) in [7, 11) is -2.13. The number of nitrogens with zero attached hydrogens (tertiary/aromatic N) is 2. The number of amides is 3. The van der Waals surface area contributed by atoms with E-state index in [1.165, 1.54) is 11.4 Å². The van der Waals surface area contributed by atoms with Gasteiger partial charge in [0.25, 0.3) is 0 Å². The lowest BCUT2D eigenvalue weighted by atomic mass is 10.2. The molecule has 0 spiro atoms. The Morgan fingerprint density at radius 3 is 2.31 bits per heavy atom. The number of piperazine rings is 1. The van der Waals surface area contributed by atoms with E-state index in [0.717, 1.165) is 11.1 Å². The van der Waals surface area contributed by atoms with Crippen LogP contribution >= 0.6 is 0 Å². The Kier molecular flexibility index (Phi) is 6.38. The first-order valence-corrected chi connectivity index (χ1v) is 9.95. The van der Waals surface area contributed by atoms with Gasteiger partial charge in [-0.15, -0.1) is 0 Å². The predicted molar refractivity (Wildman–Crippen MR) is 98.3 cm³/mol. The minimum Gasteiger partial charge on any atom is -0.341 e. The number of carbonyl (C=O) groups excluding carboxylic acids is 2. The highest BCUT2D eigenvalue weighted by atomic mass is 32.2. The minimum atomic E-state index is -3.57. The van der Waals surface area contributed by atoms with E-state index in [1.807, 2.05) is 24.0 Å². The van der Waals surface area contributed by atoms with Crippen molar-refractivity contribution in [2.75, 3.05) is 33.2 Å². The Bertz CT molecular complexity index is 786. The molecule has 0 saturated carbocycles. The van der Waals surface area contributed by atoms with Crippen molar-refractivity contribution in [2.45, 2.75) is 31.7 Å². The molecule has 26 heavy (non-hydrogen) atoms. The van der Waals surface area contributed by atoms with Gasteiger partial charge in [0.2, 0.25) is 15.9 Å². The fourth-order valence-corrected chi connectivity index (χ4v) is 4.63. The number of benzene rings is 1. The van der Waals surface area contributed by atoms with Crippen LogP contribution < -0.4 is 10.6 Å². The van der Waals surface area contributed by atoms with Gasteiger partial charge in [-0.1, -0.05) is 12.1 Å². The monoisotopic (exact) mass is 382 g/mol. The lowest BCUT2D eigenvalue weighted by Crippen LogP contribution is -2.56. The third-order valence-corrected chi connectivity index (χ3v) is 6.67. The second-order valence-corrected chi connectivity index (χ2v) is 8.36. The van der Waals surface area contributed by atoms with E-state index < -0.39 is 28.0 Å². The van der Waals surface area contributed by atoms with Crippen molar-refractivity contribution in [1.29, 1.82) is 0 Å². The van der Waals surface area contributed by atoms with Gasteiger partial charge in [0, 0.05) is 33.2 Å². The zero-order valence-electron chi connectivity index (χ0n) is 15.6. The number of aryl methyl sites for hydroxylation is 2. The molecule has 1 fully saturated rings. The number of urea groups is 1. The Morgan fingerprint density at radius 2 is 1.73 bits per heavy atom. The molecule has 1 heterocycles. The third kappa shape index (κ3) is 4.40. The van der Waals surface area contributed by atoms with Crippen molar-refractivity contribution < 1.29 is 18.0 Å². The van der Waals surface area contributed by atoms with Gasteiger partial charge in [0.15, 0.2) is 0 Å². The van der Waals surface area contributed by atoms with Gasteiger partial charge in [0.05, 0.1) is 10.9 Å². The molecule has 1 aliphatic rings. The fourth-order valence-electron chi connectivity index (χ4n) is 2.90. The number of imide groups is 1. The van der Waals surface area contributed by atoms with Crippen LogP contribution in [0.5, 0.6) is 0 Å². The number of carbonyl (C=O) groups is 2. The van der Waals surface area contributed by atoms with E-state index in [2.05, 4.69) is 10.6 Å². The lowest BCUT2D eigenvalue weighted by molar-refractivity contribution is -0.125. The van der Waals surface area contributed by atoms with Crippen LogP contribution in [0.25, 0.3) is 0 Å². The second-order valence-electron chi connectivity index (χ2n) is 6.45.